The number of benzene rings is 1. The molecule has 0 bridgehead atoms. The highest BCUT2D eigenvalue weighted by Gasteiger charge is 2.26. The third kappa shape index (κ3) is 2.30. The van der Waals surface area contributed by atoms with Crippen molar-refractivity contribution >= 4 is 11.8 Å². The van der Waals surface area contributed by atoms with E-state index in [1.54, 1.807) is 24.1 Å². The topological polar surface area (TPSA) is 60.9 Å². The third-order valence-corrected chi connectivity index (χ3v) is 3.13. The van der Waals surface area contributed by atoms with Gasteiger partial charge in [-0.15, -0.1) is 0 Å². The predicted molar refractivity (Wildman–Crippen MR) is 66.4 cm³/mol. The van der Waals surface area contributed by atoms with Crippen LogP contribution in [0.4, 0.5) is 0 Å². The van der Waals surface area contributed by atoms with Crippen LogP contribution in [-0.4, -0.2) is 53.4 Å². The van der Waals surface area contributed by atoms with Gasteiger partial charge in [0.25, 0.3) is 5.91 Å². The van der Waals surface area contributed by atoms with E-state index in [0.29, 0.717) is 13.1 Å². The van der Waals surface area contributed by atoms with E-state index in [1.807, 2.05) is 6.92 Å². The summed E-state index contributed by atoms with van der Waals surface area (Å²) in [4.78, 5) is 26.8. The first-order valence-corrected chi connectivity index (χ1v) is 5.82. The second kappa shape index (κ2) is 4.68. The monoisotopic (exact) mass is 248 g/mol. The number of hydrogen-bond acceptors (Lipinski definition) is 3. The zero-order chi connectivity index (χ0) is 13.3. The van der Waals surface area contributed by atoms with E-state index < -0.39 is 0 Å². The lowest BCUT2D eigenvalue weighted by atomic mass is 10.1. The van der Waals surface area contributed by atoms with Crippen LogP contribution < -0.4 is 0 Å². The standard InChI is InChI=1S/C13H16N2O3/c1-9-3-4-11(16)10(7-9)13(18)15-6-5-14(2)12(17)8-15/h3-4,7,16H,5-6,8H2,1-2H3. The number of amides is 2. The summed E-state index contributed by atoms with van der Waals surface area (Å²) < 4.78 is 0. The van der Waals surface area contributed by atoms with Crippen LogP contribution in [0, 0.1) is 6.92 Å². The van der Waals surface area contributed by atoms with Gasteiger partial charge in [0.15, 0.2) is 0 Å². The van der Waals surface area contributed by atoms with Crippen LogP contribution in [0.15, 0.2) is 18.2 Å². The Bertz CT molecular complexity index is 499. The molecule has 2 amide bonds. The van der Waals surface area contributed by atoms with Crippen molar-refractivity contribution < 1.29 is 14.7 Å². The van der Waals surface area contributed by atoms with Gasteiger partial charge >= 0.3 is 0 Å². The maximum Gasteiger partial charge on any atom is 0.258 e. The molecule has 18 heavy (non-hydrogen) atoms. The molecule has 0 aliphatic carbocycles. The molecule has 0 spiro atoms. The molecule has 0 aromatic heterocycles. The zero-order valence-corrected chi connectivity index (χ0v) is 10.5. The quantitative estimate of drug-likeness (QED) is 0.792. The first-order valence-electron chi connectivity index (χ1n) is 5.82. The molecule has 1 fully saturated rings. The van der Waals surface area contributed by atoms with Gasteiger partial charge in [-0.3, -0.25) is 9.59 Å². The number of aromatic hydroxyl groups is 1. The SMILES string of the molecule is Cc1ccc(O)c(C(=O)N2CCN(C)C(=O)C2)c1. The number of hydrogen-bond donors (Lipinski definition) is 1. The van der Waals surface area contributed by atoms with Gasteiger partial charge in [0.05, 0.1) is 5.56 Å². The number of phenols is 1. The van der Waals surface area contributed by atoms with E-state index in [2.05, 4.69) is 0 Å². The molecule has 1 aliphatic rings. The average Bonchev–Trinajstić information content (AvgIpc) is 2.35. The van der Waals surface area contributed by atoms with E-state index in [9.17, 15) is 14.7 Å². The van der Waals surface area contributed by atoms with Crippen molar-refractivity contribution in [1.82, 2.24) is 9.80 Å². The van der Waals surface area contributed by atoms with Crippen LogP contribution in [0.5, 0.6) is 5.75 Å². The summed E-state index contributed by atoms with van der Waals surface area (Å²) in [5, 5.41) is 9.71. The Kier molecular flexibility index (Phi) is 3.23. The van der Waals surface area contributed by atoms with Crippen LogP contribution in [0.3, 0.4) is 0 Å². The molecule has 0 atom stereocenters. The summed E-state index contributed by atoms with van der Waals surface area (Å²) in [6.45, 7) is 2.94. The Balaban J connectivity index is 2.21. The zero-order valence-electron chi connectivity index (χ0n) is 10.5. The fraction of sp³-hybridized carbons (Fsp3) is 0.385. The van der Waals surface area contributed by atoms with Gasteiger partial charge in [-0.1, -0.05) is 11.6 Å². The van der Waals surface area contributed by atoms with Crippen molar-refractivity contribution in [1.29, 1.82) is 0 Å². The fourth-order valence-electron chi connectivity index (χ4n) is 1.92. The summed E-state index contributed by atoms with van der Waals surface area (Å²) in [6.07, 6.45) is 0. The first-order chi connectivity index (χ1) is 8.49. The lowest BCUT2D eigenvalue weighted by molar-refractivity contribution is -0.133. The molecule has 1 heterocycles. The van der Waals surface area contributed by atoms with Crippen LogP contribution in [0.1, 0.15) is 15.9 Å². The van der Waals surface area contributed by atoms with Crippen molar-refractivity contribution in [2.75, 3.05) is 26.7 Å². The Labute approximate surface area is 106 Å². The number of rotatable bonds is 1. The minimum atomic E-state index is -0.294. The predicted octanol–water partition coefficient (Wildman–Crippen LogP) is 0.615. The van der Waals surface area contributed by atoms with Crippen molar-refractivity contribution in [2.24, 2.45) is 0 Å². The molecule has 1 aliphatic heterocycles. The molecular formula is C13H16N2O3. The van der Waals surface area contributed by atoms with E-state index in [-0.39, 0.29) is 29.7 Å². The highest BCUT2D eigenvalue weighted by Crippen LogP contribution is 2.20. The summed E-state index contributed by atoms with van der Waals surface area (Å²) in [5.41, 5.74) is 1.16. The van der Waals surface area contributed by atoms with Gasteiger partial charge in [-0.25, -0.2) is 0 Å². The summed E-state index contributed by atoms with van der Waals surface area (Å²) >= 11 is 0. The third-order valence-electron chi connectivity index (χ3n) is 3.13. The number of carbonyl (C=O) groups excluding carboxylic acids is 2. The molecule has 5 heteroatoms. The highest BCUT2D eigenvalue weighted by molar-refractivity contribution is 5.99. The van der Waals surface area contributed by atoms with Crippen molar-refractivity contribution in [3.8, 4) is 5.75 Å². The van der Waals surface area contributed by atoms with Gasteiger partial charge in [0.2, 0.25) is 5.91 Å². The number of piperazine rings is 1. The lowest BCUT2D eigenvalue weighted by Gasteiger charge is -2.32. The number of likely N-dealkylation sites (N-methyl/N-ethyl adjacent to an activating group) is 1. The molecule has 1 N–H and O–H groups in total. The van der Waals surface area contributed by atoms with Gasteiger partial charge in [0, 0.05) is 20.1 Å². The minimum Gasteiger partial charge on any atom is -0.507 e. The molecular weight excluding hydrogens is 232 g/mol. The van der Waals surface area contributed by atoms with Gasteiger partial charge in [-0.05, 0) is 19.1 Å². The largest absolute Gasteiger partial charge is 0.507 e. The first kappa shape index (κ1) is 12.4. The molecule has 1 aromatic rings. The summed E-state index contributed by atoms with van der Waals surface area (Å²) in [7, 11) is 1.72. The molecule has 2 rings (SSSR count). The molecule has 0 saturated carbocycles. The second-order valence-electron chi connectivity index (χ2n) is 4.56. The van der Waals surface area contributed by atoms with Gasteiger partial charge in [-0.2, -0.15) is 0 Å². The Morgan fingerprint density at radius 2 is 2.06 bits per heavy atom. The molecule has 0 radical (unpaired) electrons. The van der Waals surface area contributed by atoms with E-state index in [1.165, 1.54) is 11.0 Å². The van der Waals surface area contributed by atoms with Crippen LogP contribution in [0.25, 0.3) is 0 Å². The maximum absolute atomic E-state index is 12.2. The van der Waals surface area contributed by atoms with E-state index in [4.69, 9.17) is 0 Å². The number of aryl methyl sites for hydroxylation is 1. The second-order valence-corrected chi connectivity index (χ2v) is 4.56. The van der Waals surface area contributed by atoms with Crippen LogP contribution >= 0.6 is 0 Å². The van der Waals surface area contributed by atoms with Gasteiger partial charge in [0.1, 0.15) is 12.3 Å². The maximum atomic E-state index is 12.2. The smallest absolute Gasteiger partial charge is 0.258 e. The molecule has 96 valence electrons. The van der Waals surface area contributed by atoms with E-state index in [0.717, 1.165) is 5.56 Å². The molecule has 5 nitrogen and oxygen atoms in total. The summed E-state index contributed by atoms with van der Waals surface area (Å²) in [6, 6.07) is 4.88. The Morgan fingerprint density at radius 3 is 2.72 bits per heavy atom. The Hall–Kier alpha value is -2.04. The number of nitrogens with zero attached hydrogens (tertiary/aromatic N) is 2. The van der Waals surface area contributed by atoms with Crippen LogP contribution in [-0.2, 0) is 4.79 Å². The lowest BCUT2D eigenvalue weighted by Crippen LogP contribution is -2.50. The summed E-state index contributed by atoms with van der Waals surface area (Å²) in [5.74, 6) is -0.420. The van der Waals surface area contributed by atoms with Crippen molar-refractivity contribution in [3.63, 3.8) is 0 Å². The van der Waals surface area contributed by atoms with Crippen molar-refractivity contribution in [2.45, 2.75) is 6.92 Å². The minimum absolute atomic E-state index is 0.0445. The van der Waals surface area contributed by atoms with Crippen molar-refractivity contribution in [3.05, 3.63) is 29.3 Å². The molecule has 1 saturated heterocycles. The number of phenolic OH excluding ortho intramolecular Hbond substituents is 1. The van der Waals surface area contributed by atoms with E-state index >= 15 is 0 Å². The van der Waals surface area contributed by atoms with Gasteiger partial charge < -0.3 is 14.9 Å². The Morgan fingerprint density at radius 1 is 1.33 bits per heavy atom. The fourth-order valence-corrected chi connectivity index (χ4v) is 1.92. The van der Waals surface area contributed by atoms with Crippen LogP contribution in [0.2, 0.25) is 0 Å². The molecule has 0 unspecified atom stereocenters. The molecule has 1 aromatic carbocycles. The normalized spacial score (nSPS) is 16.0. The average molecular weight is 248 g/mol. The number of carbonyl (C=O) groups is 2. The highest BCUT2D eigenvalue weighted by atomic mass is 16.3.